The first-order valence-corrected chi connectivity index (χ1v) is 8.42. The van der Waals surface area contributed by atoms with E-state index in [1.54, 1.807) is 4.90 Å². The number of hydrogen-bond donors (Lipinski definition) is 0. The fourth-order valence-corrected chi connectivity index (χ4v) is 3.47. The Balaban J connectivity index is 1.63. The van der Waals surface area contributed by atoms with Gasteiger partial charge in [0, 0.05) is 43.3 Å². The summed E-state index contributed by atoms with van der Waals surface area (Å²) < 4.78 is 0. The molecule has 0 aromatic heterocycles. The topological polar surface area (TPSA) is 43.9 Å². The van der Waals surface area contributed by atoms with Crippen LogP contribution in [0.1, 0.15) is 36.0 Å². The highest BCUT2D eigenvalue weighted by atomic mass is 16.2. The van der Waals surface area contributed by atoms with E-state index in [0.717, 1.165) is 44.6 Å². The molecule has 0 unspecified atom stereocenters. The normalized spacial score (nSPS) is 19.7. The molecule has 0 atom stereocenters. The second-order valence-electron chi connectivity index (χ2n) is 6.68. The number of anilines is 1. The summed E-state index contributed by atoms with van der Waals surface area (Å²) in [4.78, 5) is 30.4. The van der Waals surface area contributed by atoms with Crippen LogP contribution in [0, 0.1) is 0 Å². The van der Waals surface area contributed by atoms with Gasteiger partial charge in [0.05, 0.1) is 0 Å². The average molecular weight is 315 g/mol. The molecule has 1 aromatic rings. The quantitative estimate of drug-likeness (QED) is 0.857. The van der Waals surface area contributed by atoms with E-state index in [0.29, 0.717) is 18.0 Å². The Morgan fingerprint density at radius 3 is 2.26 bits per heavy atom. The number of rotatable bonds is 3. The van der Waals surface area contributed by atoms with E-state index in [-0.39, 0.29) is 11.8 Å². The zero-order valence-electron chi connectivity index (χ0n) is 14.0. The third-order valence-corrected chi connectivity index (χ3v) is 4.98. The monoisotopic (exact) mass is 315 g/mol. The number of amides is 2. The van der Waals surface area contributed by atoms with Gasteiger partial charge in [-0.05, 0) is 57.6 Å². The van der Waals surface area contributed by atoms with Crippen LogP contribution in [0.3, 0.4) is 0 Å². The number of carbonyl (C=O) groups is 2. The fourth-order valence-electron chi connectivity index (χ4n) is 3.47. The van der Waals surface area contributed by atoms with Crippen LogP contribution in [0.2, 0.25) is 0 Å². The molecule has 5 heteroatoms. The molecular weight excluding hydrogens is 290 g/mol. The first-order valence-electron chi connectivity index (χ1n) is 8.42. The molecule has 0 spiro atoms. The number of likely N-dealkylation sites (tertiary alicyclic amines) is 1. The number of nitrogens with zero attached hydrogens (tertiary/aromatic N) is 3. The van der Waals surface area contributed by atoms with Crippen LogP contribution < -0.4 is 4.90 Å². The molecular formula is C18H25N3O2. The second-order valence-corrected chi connectivity index (χ2v) is 6.68. The first kappa shape index (κ1) is 16.0. The van der Waals surface area contributed by atoms with Gasteiger partial charge in [-0.15, -0.1) is 0 Å². The van der Waals surface area contributed by atoms with Crippen molar-refractivity contribution in [3.8, 4) is 0 Å². The van der Waals surface area contributed by atoms with Crippen molar-refractivity contribution in [3.05, 3.63) is 29.8 Å². The summed E-state index contributed by atoms with van der Waals surface area (Å²) in [7, 11) is 4.20. The zero-order valence-corrected chi connectivity index (χ0v) is 14.0. The smallest absolute Gasteiger partial charge is 0.253 e. The van der Waals surface area contributed by atoms with Crippen molar-refractivity contribution >= 4 is 17.5 Å². The van der Waals surface area contributed by atoms with Gasteiger partial charge in [0.25, 0.3) is 5.91 Å². The summed E-state index contributed by atoms with van der Waals surface area (Å²) in [6, 6.07) is 8.05. The van der Waals surface area contributed by atoms with Crippen LogP contribution in [-0.4, -0.2) is 61.4 Å². The molecule has 2 aliphatic heterocycles. The summed E-state index contributed by atoms with van der Waals surface area (Å²) in [5.41, 5.74) is 1.61. The second kappa shape index (κ2) is 6.71. The molecule has 2 aliphatic rings. The maximum atomic E-state index is 12.6. The lowest BCUT2D eigenvalue weighted by Gasteiger charge is -2.35. The SMILES string of the molecule is CN(C)C1CCN(C(=O)c2ccc(N3CCCC3=O)cc2)CC1. The van der Waals surface area contributed by atoms with E-state index in [2.05, 4.69) is 19.0 Å². The Morgan fingerprint density at radius 2 is 1.74 bits per heavy atom. The lowest BCUT2D eigenvalue weighted by Crippen LogP contribution is -2.44. The summed E-state index contributed by atoms with van der Waals surface area (Å²) in [5, 5.41) is 0. The molecule has 1 aromatic carbocycles. The van der Waals surface area contributed by atoms with Gasteiger partial charge in [-0.2, -0.15) is 0 Å². The molecule has 23 heavy (non-hydrogen) atoms. The molecule has 0 radical (unpaired) electrons. The summed E-state index contributed by atoms with van der Waals surface area (Å²) in [6.45, 7) is 2.41. The highest BCUT2D eigenvalue weighted by Gasteiger charge is 2.25. The molecule has 0 saturated carbocycles. The number of carbonyl (C=O) groups excluding carboxylic acids is 2. The highest BCUT2D eigenvalue weighted by Crippen LogP contribution is 2.23. The van der Waals surface area contributed by atoms with Gasteiger partial charge in [-0.3, -0.25) is 9.59 Å². The summed E-state index contributed by atoms with van der Waals surface area (Å²) >= 11 is 0. The van der Waals surface area contributed by atoms with Gasteiger partial charge in [0.2, 0.25) is 5.91 Å². The average Bonchev–Trinajstić information content (AvgIpc) is 3.00. The van der Waals surface area contributed by atoms with E-state index < -0.39 is 0 Å². The zero-order chi connectivity index (χ0) is 16.4. The molecule has 3 rings (SSSR count). The van der Waals surface area contributed by atoms with Crippen LogP contribution in [0.5, 0.6) is 0 Å². The lowest BCUT2D eigenvalue weighted by atomic mass is 10.0. The van der Waals surface area contributed by atoms with Crippen molar-refractivity contribution in [1.82, 2.24) is 9.80 Å². The number of hydrogen-bond acceptors (Lipinski definition) is 3. The molecule has 0 N–H and O–H groups in total. The van der Waals surface area contributed by atoms with Crippen molar-refractivity contribution < 1.29 is 9.59 Å². The first-order chi connectivity index (χ1) is 11.1. The molecule has 2 heterocycles. The molecule has 5 nitrogen and oxygen atoms in total. The number of piperidine rings is 1. The van der Waals surface area contributed by atoms with E-state index in [1.807, 2.05) is 29.2 Å². The third kappa shape index (κ3) is 3.39. The van der Waals surface area contributed by atoms with E-state index >= 15 is 0 Å². The van der Waals surface area contributed by atoms with Crippen LogP contribution in [0.25, 0.3) is 0 Å². The maximum absolute atomic E-state index is 12.6. The molecule has 2 fully saturated rings. The third-order valence-electron chi connectivity index (χ3n) is 4.98. The largest absolute Gasteiger partial charge is 0.339 e. The van der Waals surface area contributed by atoms with Crippen molar-refractivity contribution in [2.24, 2.45) is 0 Å². The van der Waals surface area contributed by atoms with Crippen molar-refractivity contribution in [2.45, 2.75) is 31.7 Å². The van der Waals surface area contributed by atoms with Gasteiger partial charge < -0.3 is 14.7 Å². The van der Waals surface area contributed by atoms with Gasteiger partial charge in [-0.25, -0.2) is 0 Å². The molecule has 0 bridgehead atoms. The van der Waals surface area contributed by atoms with Crippen molar-refractivity contribution in [3.63, 3.8) is 0 Å². The minimum absolute atomic E-state index is 0.0986. The highest BCUT2D eigenvalue weighted by molar-refractivity contribution is 5.97. The van der Waals surface area contributed by atoms with Crippen LogP contribution in [0.15, 0.2) is 24.3 Å². The van der Waals surface area contributed by atoms with Gasteiger partial charge in [0.1, 0.15) is 0 Å². The predicted octanol–water partition coefficient (Wildman–Crippen LogP) is 1.98. The van der Waals surface area contributed by atoms with Crippen LogP contribution >= 0.6 is 0 Å². The van der Waals surface area contributed by atoms with E-state index in [1.165, 1.54) is 0 Å². The Kier molecular flexibility index (Phi) is 4.66. The minimum Gasteiger partial charge on any atom is -0.339 e. The van der Waals surface area contributed by atoms with Crippen LogP contribution in [0.4, 0.5) is 5.69 Å². The van der Waals surface area contributed by atoms with E-state index in [9.17, 15) is 9.59 Å². The predicted molar refractivity (Wildman–Crippen MR) is 90.6 cm³/mol. The van der Waals surface area contributed by atoms with Crippen molar-refractivity contribution in [2.75, 3.05) is 38.6 Å². The molecule has 2 saturated heterocycles. The Labute approximate surface area is 137 Å². The van der Waals surface area contributed by atoms with Gasteiger partial charge >= 0.3 is 0 Å². The Morgan fingerprint density at radius 1 is 1.09 bits per heavy atom. The Bertz CT molecular complexity index is 574. The standard InChI is InChI=1S/C18H25N3O2/c1-19(2)15-9-12-20(13-10-15)18(23)14-5-7-16(8-6-14)21-11-3-4-17(21)22/h5-8,15H,3-4,9-13H2,1-2H3. The number of benzene rings is 1. The van der Waals surface area contributed by atoms with Crippen LogP contribution in [-0.2, 0) is 4.79 Å². The molecule has 124 valence electrons. The fraction of sp³-hybridized carbons (Fsp3) is 0.556. The van der Waals surface area contributed by atoms with E-state index in [4.69, 9.17) is 0 Å². The molecule has 2 amide bonds. The summed E-state index contributed by atoms with van der Waals surface area (Å²) in [6.07, 6.45) is 3.60. The lowest BCUT2D eigenvalue weighted by molar-refractivity contribution is -0.117. The van der Waals surface area contributed by atoms with Crippen molar-refractivity contribution in [1.29, 1.82) is 0 Å². The Hall–Kier alpha value is -1.88. The summed E-state index contributed by atoms with van der Waals surface area (Å²) in [5.74, 6) is 0.274. The van der Waals surface area contributed by atoms with Gasteiger partial charge in [-0.1, -0.05) is 0 Å². The minimum atomic E-state index is 0.0986. The maximum Gasteiger partial charge on any atom is 0.253 e. The van der Waals surface area contributed by atoms with Gasteiger partial charge in [0.15, 0.2) is 0 Å². The molecule has 0 aliphatic carbocycles.